The summed E-state index contributed by atoms with van der Waals surface area (Å²) in [5.74, 6) is -1.01. The van der Waals surface area contributed by atoms with E-state index in [1.54, 1.807) is 0 Å². The number of amides is 2. The second kappa shape index (κ2) is 6.87. The van der Waals surface area contributed by atoms with Crippen LogP contribution in [0.25, 0.3) is 0 Å². The minimum atomic E-state index is -4.69. The predicted molar refractivity (Wildman–Crippen MR) is 99.5 cm³/mol. The van der Waals surface area contributed by atoms with E-state index >= 15 is 0 Å². The lowest BCUT2D eigenvalue weighted by molar-refractivity contribution is -0.138. The second-order valence-electron chi connectivity index (χ2n) is 7.33. The molecule has 0 radical (unpaired) electrons. The van der Waals surface area contributed by atoms with E-state index in [0.717, 1.165) is 46.2 Å². The monoisotopic (exact) mass is 464 g/mol. The number of hydrogen-bond donors (Lipinski definition) is 0. The van der Waals surface area contributed by atoms with Crippen molar-refractivity contribution < 1.29 is 39.6 Å². The molecule has 0 aromatic heterocycles. The van der Waals surface area contributed by atoms with Crippen molar-refractivity contribution in [2.24, 2.45) is 0 Å². The first-order chi connectivity index (χ1) is 14.3. The largest absolute Gasteiger partial charge is 0.416 e. The molecule has 0 N–H and O–H groups in total. The molecule has 2 atom stereocenters. The van der Waals surface area contributed by atoms with E-state index in [0.29, 0.717) is 0 Å². The van der Waals surface area contributed by atoms with Gasteiger partial charge in [-0.2, -0.15) is 26.3 Å². The highest BCUT2D eigenvalue weighted by atomic mass is 32.2. The van der Waals surface area contributed by atoms with Crippen LogP contribution in [0, 0.1) is 0 Å². The van der Waals surface area contributed by atoms with Crippen molar-refractivity contribution in [3.63, 3.8) is 0 Å². The van der Waals surface area contributed by atoms with E-state index in [1.165, 1.54) is 12.1 Å². The molecule has 166 valence electrons. The van der Waals surface area contributed by atoms with Crippen molar-refractivity contribution in [1.82, 2.24) is 0 Å². The lowest BCUT2D eigenvalue weighted by atomic mass is 10.1. The highest BCUT2D eigenvalue weighted by Crippen LogP contribution is 2.41. The average molecular weight is 464 g/mol. The zero-order chi connectivity index (χ0) is 22.8. The van der Waals surface area contributed by atoms with E-state index in [4.69, 9.17) is 0 Å². The van der Waals surface area contributed by atoms with Crippen LogP contribution in [0.15, 0.2) is 48.5 Å². The van der Waals surface area contributed by atoms with Gasteiger partial charge in [-0.05, 0) is 36.4 Å². The van der Waals surface area contributed by atoms with E-state index in [-0.39, 0.29) is 11.4 Å². The number of halogens is 6. The van der Waals surface area contributed by atoms with Crippen molar-refractivity contribution in [3.8, 4) is 0 Å². The van der Waals surface area contributed by atoms with Crippen LogP contribution in [0.1, 0.15) is 11.1 Å². The van der Waals surface area contributed by atoms with Crippen molar-refractivity contribution in [3.05, 3.63) is 59.7 Å². The highest BCUT2D eigenvalue weighted by molar-refractivity contribution is 7.91. The van der Waals surface area contributed by atoms with Crippen molar-refractivity contribution in [2.45, 2.75) is 24.4 Å². The number of rotatable bonds is 2. The summed E-state index contributed by atoms with van der Waals surface area (Å²) in [6, 6.07) is 4.71. The molecule has 5 nitrogen and oxygen atoms in total. The number of carbonyl (C=O) groups excluding carboxylic acids is 1. The Morgan fingerprint density at radius 1 is 0.742 bits per heavy atom. The molecular formula is C19H14F6N2O3S. The van der Waals surface area contributed by atoms with Gasteiger partial charge in [-0.25, -0.2) is 13.2 Å². The maximum atomic E-state index is 13.1. The van der Waals surface area contributed by atoms with Gasteiger partial charge in [0.25, 0.3) is 0 Å². The van der Waals surface area contributed by atoms with Gasteiger partial charge < -0.3 is 0 Å². The summed E-state index contributed by atoms with van der Waals surface area (Å²) >= 11 is 0. The van der Waals surface area contributed by atoms with Crippen LogP contribution in [0.3, 0.4) is 0 Å². The van der Waals surface area contributed by atoms with Gasteiger partial charge in [-0.15, -0.1) is 0 Å². The molecule has 2 aliphatic rings. The van der Waals surface area contributed by atoms with Gasteiger partial charge in [0, 0.05) is 11.4 Å². The van der Waals surface area contributed by atoms with E-state index < -0.39 is 62.9 Å². The molecule has 31 heavy (non-hydrogen) atoms. The quantitative estimate of drug-likeness (QED) is 0.491. The molecule has 0 aliphatic carbocycles. The van der Waals surface area contributed by atoms with E-state index in [1.807, 2.05) is 0 Å². The fourth-order valence-corrected chi connectivity index (χ4v) is 5.89. The van der Waals surface area contributed by atoms with E-state index in [9.17, 15) is 39.6 Å². The van der Waals surface area contributed by atoms with Crippen LogP contribution in [0.5, 0.6) is 0 Å². The molecule has 0 saturated carbocycles. The lowest BCUT2D eigenvalue weighted by Gasteiger charge is -2.24. The smallest absolute Gasteiger partial charge is 0.288 e. The normalized spacial score (nSPS) is 23.4. The maximum absolute atomic E-state index is 13.1. The summed E-state index contributed by atoms with van der Waals surface area (Å²) in [6.45, 7) is 0. The van der Waals surface area contributed by atoms with Gasteiger partial charge >= 0.3 is 18.4 Å². The Balaban J connectivity index is 1.81. The van der Waals surface area contributed by atoms with Crippen LogP contribution in [0.2, 0.25) is 0 Å². The minimum absolute atomic E-state index is 0.179. The summed E-state index contributed by atoms with van der Waals surface area (Å²) in [7, 11) is -3.67. The standard InChI is InChI=1S/C19H14F6N2O3S/c20-18(21,22)11-3-1-5-13(7-11)26-15-9-31(29,30)10-16(15)27(17(26)28)14-6-2-4-12(8-14)19(23,24)25/h1-8,15-16H,9-10H2. The Morgan fingerprint density at radius 3 is 1.48 bits per heavy atom. The number of sulfone groups is 1. The van der Waals surface area contributed by atoms with Crippen LogP contribution < -0.4 is 9.80 Å². The molecule has 2 saturated heterocycles. The summed E-state index contributed by atoms with van der Waals surface area (Å²) in [4.78, 5) is 15.0. The average Bonchev–Trinajstić information content (AvgIpc) is 3.09. The molecule has 2 unspecified atom stereocenters. The number of benzene rings is 2. The molecule has 0 bridgehead atoms. The fourth-order valence-electron chi connectivity index (χ4n) is 3.97. The summed E-state index contributed by atoms with van der Waals surface area (Å²) in [6.07, 6.45) is -9.39. The first-order valence-corrected chi connectivity index (χ1v) is 10.8. The lowest BCUT2D eigenvalue weighted by Crippen LogP contribution is -2.38. The van der Waals surface area contributed by atoms with Gasteiger partial charge in [0.15, 0.2) is 9.84 Å². The Morgan fingerprint density at radius 2 is 1.13 bits per heavy atom. The Kier molecular flexibility index (Phi) is 4.76. The number of fused-ring (bicyclic) bond motifs is 1. The van der Waals surface area contributed by atoms with Crippen LogP contribution in [0.4, 0.5) is 42.5 Å². The molecule has 2 heterocycles. The summed E-state index contributed by atoms with van der Waals surface area (Å²) < 4.78 is 103. The van der Waals surface area contributed by atoms with Gasteiger partial charge in [-0.1, -0.05) is 12.1 Å². The number of urea groups is 1. The Bertz CT molecular complexity index is 1060. The molecule has 2 fully saturated rings. The topological polar surface area (TPSA) is 57.7 Å². The first-order valence-electron chi connectivity index (χ1n) is 8.95. The zero-order valence-corrected chi connectivity index (χ0v) is 16.3. The number of alkyl halides is 6. The molecule has 2 aliphatic heterocycles. The number of hydrogen-bond acceptors (Lipinski definition) is 3. The fraction of sp³-hybridized carbons (Fsp3) is 0.316. The highest BCUT2D eigenvalue weighted by Gasteiger charge is 2.54. The Hall–Kier alpha value is -2.76. The third-order valence-electron chi connectivity index (χ3n) is 5.27. The predicted octanol–water partition coefficient (Wildman–Crippen LogP) is 4.34. The summed E-state index contributed by atoms with van der Waals surface area (Å²) in [5.41, 5.74) is -2.43. The molecular weight excluding hydrogens is 450 g/mol. The van der Waals surface area contributed by atoms with Crippen molar-refractivity contribution in [1.29, 1.82) is 0 Å². The van der Waals surface area contributed by atoms with Gasteiger partial charge in [0.1, 0.15) is 0 Å². The maximum Gasteiger partial charge on any atom is 0.416 e. The number of nitrogens with zero attached hydrogens (tertiary/aromatic N) is 2. The zero-order valence-electron chi connectivity index (χ0n) is 15.5. The van der Waals surface area contributed by atoms with Gasteiger partial charge in [0.05, 0.1) is 34.7 Å². The SMILES string of the molecule is O=C1N(c2cccc(C(F)(F)F)c2)C2CS(=O)(=O)CC2N1c1cccc(C(F)(F)F)c1. The molecule has 12 heteroatoms. The third-order valence-corrected chi connectivity index (χ3v) is 6.97. The molecule has 0 spiro atoms. The van der Waals surface area contributed by atoms with Crippen LogP contribution in [-0.4, -0.2) is 38.0 Å². The van der Waals surface area contributed by atoms with E-state index in [2.05, 4.69) is 0 Å². The summed E-state index contributed by atoms with van der Waals surface area (Å²) in [5, 5.41) is 0. The third kappa shape index (κ3) is 3.84. The molecule has 2 aromatic carbocycles. The molecule has 2 amide bonds. The van der Waals surface area contributed by atoms with Gasteiger partial charge in [-0.3, -0.25) is 9.80 Å². The second-order valence-corrected chi connectivity index (χ2v) is 9.48. The minimum Gasteiger partial charge on any atom is -0.288 e. The van der Waals surface area contributed by atoms with Crippen LogP contribution >= 0.6 is 0 Å². The molecule has 2 aromatic rings. The molecule has 4 rings (SSSR count). The Labute approximate surface area is 172 Å². The van der Waals surface area contributed by atoms with Gasteiger partial charge in [0.2, 0.25) is 0 Å². The van der Waals surface area contributed by atoms with Crippen molar-refractivity contribution >= 4 is 27.2 Å². The number of carbonyl (C=O) groups is 1. The number of anilines is 2. The van der Waals surface area contributed by atoms with Crippen molar-refractivity contribution in [2.75, 3.05) is 21.3 Å². The van der Waals surface area contributed by atoms with Crippen LogP contribution in [-0.2, 0) is 22.2 Å². The first kappa shape index (κ1) is 21.5.